The SMILES string of the molecule is CCN=NC(C)c1cn(C(C)=CC(=NCC)NC(C)=O)nc1-c1ccccc1Cl. The van der Waals surface area contributed by atoms with Crippen molar-refractivity contribution >= 4 is 29.0 Å². The normalized spacial score (nSPS) is 13.7. The van der Waals surface area contributed by atoms with Gasteiger partial charge >= 0.3 is 0 Å². The van der Waals surface area contributed by atoms with Gasteiger partial charge < -0.3 is 5.32 Å². The van der Waals surface area contributed by atoms with Gasteiger partial charge in [0.15, 0.2) is 0 Å². The summed E-state index contributed by atoms with van der Waals surface area (Å²) in [6.07, 6.45) is 3.71. The first-order chi connectivity index (χ1) is 13.9. The van der Waals surface area contributed by atoms with Gasteiger partial charge in [0.2, 0.25) is 5.91 Å². The van der Waals surface area contributed by atoms with Crippen LogP contribution in [0.1, 0.15) is 46.2 Å². The molecule has 1 aromatic heterocycles. The smallest absolute Gasteiger partial charge is 0.222 e. The summed E-state index contributed by atoms with van der Waals surface area (Å²) in [5.41, 5.74) is 3.29. The molecule has 0 saturated carbocycles. The van der Waals surface area contributed by atoms with E-state index < -0.39 is 0 Å². The van der Waals surface area contributed by atoms with Crippen molar-refractivity contribution in [3.05, 3.63) is 47.1 Å². The molecule has 0 saturated heterocycles. The highest BCUT2D eigenvalue weighted by Gasteiger charge is 2.19. The maximum Gasteiger partial charge on any atom is 0.222 e. The number of hydrogen-bond donors (Lipinski definition) is 1. The number of carbonyl (C=O) groups excluding carboxylic acids is 1. The Hall–Kier alpha value is -2.80. The molecule has 0 aliphatic heterocycles. The van der Waals surface area contributed by atoms with Crippen LogP contribution >= 0.6 is 11.6 Å². The Kier molecular flexibility index (Phi) is 8.27. The van der Waals surface area contributed by atoms with E-state index in [2.05, 4.69) is 20.5 Å². The van der Waals surface area contributed by atoms with Gasteiger partial charge in [-0.2, -0.15) is 15.3 Å². The van der Waals surface area contributed by atoms with Crippen LogP contribution < -0.4 is 5.32 Å². The van der Waals surface area contributed by atoms with Gasteiger partial charge in [-0.05, 0) is 33.8 Å². The van der Waals surface area contributed by atoms with E-state index in [1.807, 2.05) is 58.2 Å². The number of aromatic nitrogens is 2. The Labute approximate surface area is 176 Å². The molecule has 1 amide bonds. The van der Waals surface area contributed by atoms with Gasteiger partial charge in [0, 0.05) is 42.6 Å². The van der Waals surface area contributed by atoms with Crippen LogP contribution in [0.2, 0.25) is 5.02 Å². The van der Waals surface area contributed by atoms with Crippen LogP contribution in [0.15, 0.2) is 51.8 Å². The molecule has 154 valence electrons. The molecule has 0 spiro atoms. The lowest BCUT2D eigenvalue weighted by Gasteiger charge is -2.07. The van der Waals surface area contributed by atoms with Crippen LogP contribution in [-0.2, 0) is 4.79 Å². The number of amides is 1. The van der Waals surface area contributed by atoms with Gasteiger partial charge in [0.25, 0.3) is 0 Å². The molecule has 0 aliphatic rings. The zero-order valence-corrected chi connectivity index (χ0v) is 18.2. The summed E-state index contributed by atoms with van der Waals surface area (Å²) in [6, 6.07) is 7.40. The van der Waals surface area contributed by atoms with Crippen LogP contribution in [0.4, 0.5) is 0 Å². The Balaban J connectivity index is 2.55. The first-order valence-corrected chi connectivity index (χ1v) is 9.96. The average molecular weight is 415 g/mol. The number of carbonyl (C=O) groups is 1. The molecule has 0 fully saturated rings. The van der Waals surface area contributed by atoms with Crippen LogP contribution in [-0.4, -0.2) is 34.6 Å². The second-order valence-electron chi connectivity index (χ2n) is 6.43. The number of azo groups is 1. The van der Waals surface area contributed by atoms with Crippen LogP contribution in [0.25, 0.3) is 17.0 Å². The quantitative estimate of drug-likeness (QED) is 0.386. The predicted octanol–water partition coefficient (Wildman–Crippen LogP) is 5.15. The fourth-order valence-corrected chi connectivity index (χ4v) is 2.96. The standard InChI is InChI=1S/C21H27ClN6O/c1-6-23-20(25-16(5)29)12-14(3)28-13-18(15(4)26-24-7-2)21(27-28)17-10-8-9-11-19(17)22/h8-13,15H,6-7H2,1-5H3,(H,23,25,29). The zero-order chi connectivity index (χ0) is 21.4. The summed E-state index contributed by atoms with van der Waals surface area (Å²) in [4.78, 5) is 15.8. The Morgan fingerprint density at radius 2 is 2.00 bits per heavy atom. The van der Waals surface area contributed by atoms with Gasteiger partial charge in [-0.25, -0.2) is 4.68 Å². The van der Waals surface area contributed by atoms with Crippen LogP contribution in [0.3, 0.4) is 0 Å². The monoisotopic (exact) mass is 414 g/mol. The molecule has 1 N–H and O–H groups in total. The van der Waals surface area contributed by atoms with Gasteiger partial charge in [0.1, 0.15) is 5.84 Å². The zero-order valence-electron chi connectivity index (χ0n) is 17.5. The van der Waals surface area contributed by atoms with Crippen molar-refractivity contribution in [2.24, 2.45) is 15.2 Å². The van der Waals surface area contributed by atoms with E-state index in [0.717, 1.165) is 22.5 Å². The first-order valence-electron chi connectivity index (χ1n) is 9.59. The largest absolute Gasteiger partial charge is 0.311 e. The fourth-order valence-electron chi connectivity index (χ4n) is 2.74. The number of allylic oxidation sites excluding steroid dienone is 1. The third kappa shape index (κ3) is 6.09. The summed E-state index contributed by atoms with van der Waals surface area (Å²) in [7, 11) is 0. The molecular weight excluding hydrogens is 388 g/mol. The van der Waals surface area contributed by atoms with E-state index in [9.17, 15) is 4.79 Å². The average Bonchev–Trinajstić information content (AvgIpc) is 3.11. The Bertz CT molecular complexity index is 944. The molecule has 2 aromatic rings. The molecule has 2 rings (SSSR count). The second-order valence-corrected chi connectivity index (χ2v) is 6.84. The third-order valence-corrected chi connectivity index (χ3v) is 4.39. The van der Waals surface area contributed by atoms with Gasteiger partial charge in [0.05, 0.1) is 23.3 Å². The highest BCUT2D eigenvalue weighted by Crippen LogP contribution is 2.34. The van der Waals surface area contributed by atoms with Crippen molar-refractivity contribution in [1.82, 2.24) is 15.1 Å². The molecule has 0 bridgehead atoms. The topological polar surface area (TPSA) is 84.0 Å². The summed E-state index contributed by atoms with van der Waals surface area (Å²) in [6.45, 7) is 10.4. The number of benzene rings is 1. The van der Waals surface area contributed by atoms with Crippen molar-refractivity contribution in [3.8, 4) is 11.3 Å². The lowest BCUT2D eigenvalue weighted by molar-refractivity contribution is -0.117. The van der Waals surface area contributed by atoms with Crippen molar-refractivity contribution in [2.45, 2.75) is 40.7 Å². The number of rotatable bonds is 7. The lowest BCUT2D eigenvalue weighted by Crippen LogP contribution is -2.27. The van der Waals surface area contributed by atoms with E-state index in [1.54, 1.807) is 10.8 Å². The fraction of sp³-hybridized carbons (Fsp3) is 0.381. The molecule has 0 aliphatic carbocycles. The molecule has 7 nitrogen and oxygen atoms in total. The summed E-state index contributed by atoms with van der Waals surface area (Å²) in [5, 5.41) is 16.6. The minimum absolute atomic E-state index is 0.173. The summed E-state index contributed by atoms with van der Waals surface area (Å²) < 4.78 is 1.75. The van der Waals surface area contributed by atoms with E-state index in [4.69, 9.17) is 16.7 Å². The minimum atomic E-state index is -0.179. The number of aliphatic imine (C=N–C) groups is 1. The third-order valence-electron chi connectivity index (χ3n) is 4.06. The van der Waals surface area contributed by atoms with Crippen LogP contribution in [0, 0.1) is 0 Å². The maximum atomic E-state index is 11.4. The molecule has 1 heterocycles. The first kappa shape index (κ1) is 22.5. The molecule has 8 heteroatoms. The summed E-state index contributed by atoms with van der Waals surface area (Å²) >= 11 is 6.43. The van der Waals surface area contributed by atoms with E-state index >= 15 is 0 Å². The molecule has 1 aromatic carbocycles. The number of nitrogens with zero attached hydrogens (tertiary/aromatic N) is 5. The van der Waals surface area contributed by atoms with Crippen molar-refractivity contribution in [3.63, 3.8) is 0 Å². The second kappa shape index (κ2) is 10.7. The number of amidine groups is 1. The number of halogens is 1. The van der Waals surface area contributed by atoms with E-state index in [1.165, 1.54) is 6.92 Å². The molecule has 0 radical (unpaired) electrons. The van der Waals surface area contributed by atoms with E-state index in [0.29, 0.717) is 23.9 Å². The maximum absolute atomic E-state index is 11.4. The van der Waals surface area contributed by atoms with Gasteiger partial charge in [-0.3, -0.25) is 9.79 Å². The number of nitrogens with one attached hydrogen (secondary N) is 1. The summed E-state index contributed by atoms with van der Waals surface area (Å²) in [5.74, 6) is 0.320. The molecule has 1 unspecified atom stereocenters. The molecule has 29 heavy (non-hydrogen) atoms. The van der Waals surface area contributed by atoms with Crippen LogP contribution in [0.5, 0.6) is 0 Å². The highest BCUT2D eigenvalue weighted by atomic mass is 35.5. The number of hydrogen-bond acceptors (Lipinski definition) is 5. The van der Waals surface area contributed by atoms with Crippen molar-refractivity contribution in [2.75, 3.05) is 13.1 Å². The lowest BCUT2D eigenvalue weighted by atomic mass is 10.0. The highest BCUT2D eigenvalue weighted by molar-refractivity contribution is 6.33. The van der Waals surface area contributed by atoms with Crippen molar-refractivity contribution < 1.29 is 4.79 Å². The van der Waals surface area contributed by atoms with Crippen molar-refractivity contribution in [1.29, 1.82) is 0 Å². The minimum Gasteiger partial charge on any atom is -0.311 e. The Morgan fingerprint density at radius 3 is 2.62 bits per heavy atom. The van der Waals surface area contributed by atoms with Gasteiger partial charge in [-0.15, -0.1) is 0 Å². The molecular formula is C21H27ClN6O. The Morgan fingerprint density at radius 1 is 1.28 bits per heavy atom. The molecule has 1 atom stereocenters. The predicted molar refractivity (Wildman–Crippen MR) is 118 cm³/mol. The van der Waals surface area contributed by atoms with E-state index in [-0.39, 0.29) is 11.9 Å². The van der Waals surface area contributed by atoms with Gasteiger partial charge in [-0.1, -0.05) is 29.8 Å².